The van der Waals surface area contributed by atoms with Crippen LogP contribution in [0.3, 0.4) is 0 Å². The number of nitrogens with zero attached hydrogens (tertiary/aromatic N) is 1. The van der Waals surface area contributed by atoms with Gasteiger partial charge in [0, 0.05) is 19.1 Å². The smallest absolute Gasteiger partial charge is 0.255 e. The molecule has 0 aromatic heterocycles. The van der Waals surface area contributed by atoms with Gasteiger partial charge in [0.2, 0.25) is 0 Å². The molecule has 1 aliphatic heterocycles. The molecule has 1 atom stereocenters. The maximum absolute atomic E-state index is 13.1. The van der Waals surface area contributed by atoms with Gasteiger partial charge in [-0.2, -0.15) is 0 Å². The average Bonchev–Trinajstić information content (AvgIpc) is 2.45. The fraction of sp³-hybridized carbons (Fsp3) is 0.533. The van der Waals surface area contributed by atoms with Crippen LogP contribution in [-0.4, -0.2) is 36.5 Å². The molecule has 1 heterocycles. The zero-order chi connectivity index (χ0) is 14.5. The molecule has 0 saturated carbocycles. The highest BCUT2D eigenvalue weighted by Crippen LogP contribution is 2.22. The largest absolute Gasteiger partial charge is 0.334 e. The van der Waals surface area contributed by atoms with Crippen molar-refractivity contribution in [2.24, 2.45) is 0 Å². The first kappa shape index (κ1) is 15.3. The van der Waals surface area contributed by atoms with Gasteiger partial charge in [-0.25, -0.2) is 4.39 Å². The Morgan fingerprint density at radius 2 is 2.35 bits per heavy atom. The first-order chi connectivity index (χ1) is 9.63. The molecule has 0 radical (unpaired) electrons. The molecule has 1 fully saturated rings. The summed E-state index contributed by atoms with van der Waals surface area (Å²) in [5.74, 6) is -0.529. The third-order valence-corrected chi connectivity index (χ3v) is 3.91. The van der Waals surface area contributed by atoms with Crippen molar-refractivity contribution in [1.29, 1.82) is 0 Å². The maximum atomic E-state index is 13.1. The first-order valence-electron chi connectivity index (χ1n) is 7.10. The van der Waals surface area contributed by atoms with Crippen LogP contribution in [-0.2, 0) is 0 Å². The molecule has 1 saturated heterocycles. The highest BCUT2D eigenvalue weighted by molar-refractivity contribution is 6.33. The van der Waals surface area contributed by atoms with E-state index in [0.29, 0.717) is 12.1 Å². The van der Waals surface area contributed by atoms with Gasteiger partial charge in [-0.15, -0.1) is 0 Å². The Balaban J connectivity index is 2.21. The summed E-state index contributed by atoms with van der Waals surface area (Å²) in [6.07, 6.45) is 2.95. The van der Waals surface area contributed by atoms with Crippen LogP contribution in [0.4, 0.5) is 4.39 Å². The SMILES string of the molecule is CCCN(C(=O)c1ccc(F)cc1Cl)C1CCCNC1. The summed E-state index contributed by atoms with van der Waals surface area (Å²) in [6, 6.07) is 4.14. The van der Waals surface area contributed by atoms with Gasteiger partial charge >= 0.3 is 0 Å². The Labute approximate surface area is 124 Å². The number of halogens is 2. The molecule has 1 aromatic carbocycles. The topological polar surface area (TPSA) is 32.3 Å². The predicted octanol–water partition coefficient (Wildman–Crippen LogP) is 3.08. The Morgan fingerprint density at radius 1 is 1.55 bits per heavy atom. The van der Waals surface area contributed by atoms with Crippen molar-refractivity contribution in [2.45, 2.75) is 32.2 Å². The van der Waals surface area contributed by atoms with Gasteiger partial charge in [-0.05, 0) is 44.0 Å². The molecular weight excluding hydrogens is 279 g/mol. The van der Waals surface area contributed by atoms with Crippen LogP contribution in [0.1, 0.15) is 36.5 Å². The normalized spacial score (nSPS) is 18.9. The van der Waals surface area contributed by atoms with E-state index in [1.54, 1.807) is 0 Å². The zero-order valence-electron chi connectivity index (χ0n) is 11.7. The van der Waals surface area contributed by atoms with Gasteiger partial charge in [0.05, 0.1) is 10.6 Å². The number of benzene rings is 1. The van der Waals surface area contributed by atoms with Crippen molar-refractivity contribution >= 4 is 17.5 Å². The van der Waals surface area contributed by atoms with E-state index in [4.69, 9.17) is 11.6 Å². The fourth-order valence-corrected chi connectivity index (χ4v) is 2.86. The second kappa shape index (κ2) is 7.04. The molecule has 20 heavy (non-hydrogen) atoms. The maximum Gasteiger partial charge on any atom is 0.255 e. The molecule has 1 amide bonds. The second-order valence-electron chi connectivity index (χ2n) is 5.12. The lowest BCUT2D eigenvalue weighted by molar-refractivity contribution is 0.0649. The van der Waals surface area contributed by atoms with Gasteiger partial charge in [0.15, 0.2) is 0 Å². The van der Waals surface area contributed by atoms with E-state index < -0.39 is 5.82 Å². The Hall–Kier alpha value is -1.13. The third-order valence-electron chi connectivity index (χ3n) is 3.60. The summed E-state index contributed by atoms with van der Waals surface area (Å²) < 4.78 is 13.1. The van der Waals surface area contributed by atoms with Crippen molar-refractivity contribution < 1.29 is 9.18 Å². The van der Waals surface area contributed by atoms with Crippen LogP contribution in [0.5, 0.6) is 0 Å². The van der Waals surface area contributed by atoms with Gasteiger partial charge in [0.25, 0.3) is 5.91 Å². The molecule has 3 nitrogen and oxygen atoms in total. The lowest BCUT2D eigenvalue weighted by Gasteiger charge is -2.34. The summed E-state index contributed by atoms with van der Waals surface area (Å²) in [5, 5.41) is 3.50. The number of carbonyl (C=O) groups is 1. The molecule has 110 valence electrons. The van der Waals surface area contributed by atoms with Crippen molar-refractivity contribution in [1.82, 2.24) is 10.2 Å². The van der Waals surface area contributed by atoms with Crippen LogP contribution in [0.15, 0.2) is 18.2 Å². The van der Waals surface area contributed by atoms with Crippen molar-refractivity contribution in [3.63, 3.8) is 0 Å². The van der Waals surface area contributed by atoms with Gasteiger partial charge in [-0.1, -0.05) is 18.5 Å². The standard InChI is InChI=1S/C15H20ClFN2O/c1-2-8-19(12-4-3-7-18-10-12)15(20)13-6-5-11(17)9-14(13)16/h5-6,9,12,18H,2-4,7-8,10H2,1H3. The monoisotopic (exact) mass is 298 g/mol. The number of amides is 1. The number of hydrogen-bond acceptors (Lipinski definition) is 2. The third kappa shape index (κ3) is 3.49. The highest BCUT2D eigenvalue weighted by Gasteiger charge is 2.26. The Kier molecular flexibility index (Phi) is 5.38. The molecule has 5 heteroatoms. The molecule has 1 unspecified atom stereocenters. The number of rotatable bonds is 4. The molecule has 0 spiro atoms. The Morgan fingerprint density at radius 3 is 2.95 bits per heavy atom. The van der Waals surface area contributed by atoms with Crippen LogP contribution in [0.25, 0.3) is 0 Å². The molecule has 0 aliphatic carbocycles. The van der Waals surface area contributed by atoms with E-state index in [0.717, 1.165) is 32.4 Å². The van der Waals surface area contributed by atoms with E-state index in [9.17, 15) is 9.18 Å². The van der Waals surface area contributed by atoms with Gasteiger partial charge in [0.1, 0.15) is 5.82 Å². The quantitative estimate of drug-likeness (QED) is 0.926. The number of hydrogen-bond donors (Lipinski definition) is 1. The minimum absolute atomic E-state index is 0.106. The van der Waals surface area contributed by atoms with Crippen molar-refractivity contribution in [3.05, 3.63) is 34.6 Å². The van der Waals surface area contributed by atoms with Gasteiger partial charge in [-0.3, -0.25) is 4.79 Å². The molecule has 0 bridgehead atoms. The van der Waals surface area contributed by atoms with Crippen molar-refractivity contribution in [2.75, 3.05) is 19.6 Å². The summed E-state index contributed by atoms with van der Waals surface area (Å²) in [7, 11) is 0. The minimum Gasteiger partial charge on any atom is -0.334 e. The summed E-state index contributed by atoms with van der Waals surface area (Å²) >= 11 is 6.00. The van der Waals surface area contributed by atoms with E-state index in [1.165, 1.54) is 18.2 Å². The minimum atomic E-state index is -0.423. The Bertz CT molecular complexity index is 475. The van der Waals surface area contributed by atoms with E-state index >= 15 is 0 Å². The van der Waals surface area contributed by atoms with Crippen LogP contribution >= 0.6 is 11.6 Å². The molecule has 2 rings (SSSR count). The number of carbonyl (C=O) groups excluding carboxylic acids is 1. The van der Waals surface area contributed by atoms with E-state index in [-0.39, 0.29) is 17.0 Å². The summed E-state index contributed by atoms with van der Waals surface area (Å²) in [6.45, 7) is 4.55. The van der Waals surface area contributed by atoms with Crippen LogP contribution in [0.2, 0.25) is 5.02 Å². The summed E-state index contributed by atoms with van der Waals surface area (Å²) in [5.41, 5.74) is 0.382. The molecule has 1 aliphatic rings. The lowest BCUT2D eigenvalue weighted by atomic mass is 10.0. The van der Waals surface area contributed by atoms with Gasteiger partial charge < -0.3 is 10.2 Å². The molecule has 1 N–H and O–H groups in total. The highest BCUT2D eigenvalue weighted by atomic mass is 35.5. The average molecular weight is 299 g/mol. The van der Waals surface area contributed by atoms with Crippen LogP contribution < -0.4 is 5.32 Å². The van der Waals surface area contributed by atoms with E-state index in [2.05, 4.69) is 5.32 Å². The second-order valence-corrected chi connectivity index (χ2v) is 5.53. The van der Waals surface area contributed by atoms with Crippen LogP contribution in [0, 0.1) is 5.82 Å². The number of nitrogens with one attached hydrogen (secondary N) is 1. The zero-order valence-corrected chi connectivity index (χ0v) is 12.4. The number of piperidine rings is 1. The fourth-order valence-electron chi connectivity index (χ4n) is 2.61. The lowest BCUT2D eigenvalue weighted by Crippen LogP contribution is -2.49. The van der Waals surface area contributed by atoms with Crippen molar-refractivity contribution in [3.8, 4) is 0 Å². The predicted molar refractivity (Wildman–Crippen MR) is 78.6 cm³/mol. The molecule has 1 aromatic rings. The first-order valence-corrected chi connectivity index (χ1v) is 7.48. The summed E-state index contributed by atoms with van der Waals surface area (Å²) in [4.78, 5) is 14.5. The van der Waals surface area contributed by atoms with E-state index in [1.807, 2.05) is 11.8 Å². The molecular formula is C15H20ClFN2O.